The average molecular weight is 694 g/mol. The number of alkyl halides is 3. The van der Waals surface area contributed by atoms with Gasteiger partial charge in [0.2, 0.25) is 5.91 Å². The van der Waals surface area contributed by atoms with Crippen molar-refractivity contribution in [1.29, 1.82) is 0 Å². The Hall–Kier alpha value is -3.96. The van der Waals surface area contributed by atoms with Crippen LogP contribution in [0.2, 0.25) is 0 Å². The second-order valence-electron chi connectivity index (χ2n) is 10.7. The summed E-state index contributed by atoms with van der Waals surface area (Å²) in [5.74, 6) is -2.44. The largest absolute Gasteiger partial charge is 0.416 e. The van der Waals surface area contributed by atoms with E-state index in [1.165, 1.54) is 31.2 Å². The molecule has 1 amide bonds. The maximum atomic E-state index is 15.0. The van der Waals surface area contributed by atoms with Crippen molar-refractivity contribution in [2.75, 3.05) is 26.0 Å². The van der Waals surface area contributed by atoms with Crippen LogP contribution in [-0.2, 0) is 42.6 Å². The van der Waals surface area contributed by atoms with Crippen molar-refractivity contribution in [3.05, 3.63) is 116 Å². The molecule has 4 aromatic rings. The lowest BCUT2D eigenvalue weighted by molar-refractivity contribution is -0.137. The van der Waals surface area contributed by atoms with Gasteiger partial charge in [-0.2, -0.15) is 18.2 Å². The van der Waals surface area contributed by atoms with Gasteiger partial charge in [0.05, 0.1) is 15.2 Å². The summed E-state index contributed by atoms with van der Waals surface area (Å²) < 4.78 is 170. The fourth-order valence-corrected chi connectivity index (χ4v) is 5.85. The molecule has 1 aromatic heterocycles. The van der Waals surface area contributed by atoms with Crippen molar-refractivity contribution in [1.82, 2.24) is 19.4 Å². The van der Waals surface area contributed by atoms with Gasteiger partial charge in [-0.1, -0.05) is 68.0 Å². The van der Waals surface area contributed by atoms with Crippen molar-refractivity contribution >= 4 is 17.7 Å². The third-order valence-corrected chi connectivity index (χ3v) is 8.51. The van der Waals surface area contributed by atoms with Gasteiger partial charge in [0.25, 0.3) is 5.56 Å². The second kappa shape index (κ2) is 15.5. The van der Waals surface area contributed by atoms with Gasteiger partial charge in [-0.05, 0) is 91.3 Å². The van der Waals surface area contributed by atoms with Crippen LogP contribution in [0, 0.1) is 12.7 Å². The minimum atomic E-state index is -4.71. The highest BCUT2D eigenvalue weighted by Gasteiger charge is 2.30. The van der Waals surface area contributed by atoms with E-state index in [0.29, 0.717) is 24.1 Å². The van der Waals surface area contributed by atoms with Gasteiger partial charge in [-0.15, -0.1) is 0 Å². The first-order chi connectivity index (χ1) is 27.8. The highest BCUT2D eigenvalue weighted by atomic mass is 32.2. The minimum absolute atomic E-state index is 0.0115. The van der Waals surface area contributed by atoms with Crippen LogP contribution in [0.3, 0.4) is 0 Å². The van der Waals surface area contributed by atoms with Gasteiger partial charge in [-0.3, -0.25) is 9.59 Å². The van der Waals surface area contributed by atoms with Crippen LogP contribution in [0.5, 0.6) is 0 Å². The number of fused-ring (bicyclic) bond motifs is 1. The number of rotatable bonds is 13. The summed E-state index contributed by atoms with van der Waals surface area (Å²) >= 11 is 0.783. The Kier molecular flexibility index (Phi) is 7.07. The lowest BCUT2D eigenvalue weighted by atomic mass is 9.98. The molecule has 3 aromatic carbocycles. The Morgan fingerprint density at radius 3 is 2.40 bits per heavy atom. The number of carbonyl (C=O) groups is 1. The van der Waals surface area contributed by atoms with Crippen LogP contribution >= 0.6 is 11.8 Å². The van der Waals surface area contributed by atoms with E-state index in [2.05, 4.69) is 4.98 Å². The Balaban J connectivity index is 1.74. The van der Waals surface area contributed by atoms with Crippen molar-refractivity contribution < 1.29 is 40.2 Å². The third kappa shape index (κ3) is 8.54. The van der Waals surface area contributed by atoms with E-state index >= 15 is 4.79 Å². The van der Waals surface area contributed by atoms with Crippen LogP contribution in [-0.4, -0.2) is 51.2 Å². The van der Waals surface area contributed by atoms with Crippen LogP contribution < -0.4 is 5.56 Å². The molecule has 5 rings (SSSR count). The molecule has 1 aliphatic rings. The minimum Gasteiger partial charge on any atom is -0.336 e. The molecular weight excluding hydrogens is 640 g/mol. The van der Waals surface area contributed by atoms with Gasteiger partial charge in [0.1, 0.15) is 12.3 Å². The molecule has 0 atom stereocenters. The lowest BCUT2D eigenvalue weighted by Gasteiger charge is -2.28. The number of halogens is 4. The van der Waals surface area contributed by atoms with Gasteiger partial charge in [0.15, 0.2) is 5.16 Å². The summed E-state index contributed by atoms with van der Waals surface area (Å²) in [4.78, 5) is 32.2. The van der Waals surface area contributed by atoms with E-state index in [1.807, 2.05) is 0 Å². The molecule has 0 bridgehead atoms. The summed E-state index contributed by atoms with van der Waals surface area (Å²) in [5.41, 5.74) is -2.29. The van der Waals surface area contributed by atoms with Gasteiger partial charge in [0, 0.05) is 44.8 Å². The van der Waals surface area contributed by atoms with E-state index in [-0.39, 0.29) is 61.5 Å². The molecule has 0 spiro atoms. The quantitative estimate of drug-likeness (QED) is 0.0824. The van der Waals surface area contributed by atoms with Crippen molar-refractivity contribution in [2.45, 2.75) is 70.2 Å². The zero-order valence-electron chi connectivity index (χ0n) is 39.2. The van der Waals surface area contributed by atoms with Crippen molar-refractivity contribution in [2.24, 2.45) is 0 Å². The number of likely N-dealkylation sites (N-methyl/N-ethyl adjacent to an activating group) is 1. The lowest BCUT2D eigenvalue weighted by Crippen LogP contribution is -2.40. The Morgan fingerprint density at radius 2 is 1.73 bits per heavy atom. The predicted molar refractivity (Wildman–Crippen MR) is 181 cm³/mol. The zero-order chi connectivity index (χ0) is 46.0. The van der Waals surface area contributed by atoms with E-state index < -0.39 is 91.7 Å². The van der Waals surface area contributed by atoms with E-state index in [0.717, 1.165) is 42.3 Å². The van der Waals surface area contributed by atoms with Gasteiger partial charge in [-0.25, -0.2) is 4.39 Å². The smallest absolute Gasteiger partial charge is 0.336 e. The van der Waals surface area contributed by atoms with Gasteiger partial charge < -0.3 is 14.4 Å². The SMILES string of the molecule is [2H]c1c([2H])c(-c2ccc(C(F)(F)F)cc2)c([2H])c(C)c1CN(C(=O)C([2H])([2H])n1c(SCc2ccc(F)cc2)nc(=O)c2c1CCC2)C([2H])([2H])C([2H])([2H])N(C([2H])([2H])C)C([2H])([2H])C. The molecule has 0 saturated heterocycles. The number of hydrogen-bond donors (Lipinski definition) is 0. The molecule has 1 heterocycles. The summed E-state index contributed by atoms with van der Waals surface area (Å²) in [6, 6.07) is 6.46. The van der Waals surface area contributed by atoms with Crippen LogP contribution in [0.1, 0.15) is 71.6 Å². The molecule has 0 N–H and O–H groups in total. The standard InChI is InChI=1S/C37H40F4N4O2S/c1-4-43(5-2)19-20-44(22-29-12-11-28(21-25(29)3)27-13-15-30(16-14-27)37(39,40)41)34(46)23-45-33-8-6-7-32(33)35(47)42-36(45)48-24-26-9-17-31(38)18-10-26/h9-18,21H,4-8,19-20,22-24H2,1-3H3/i4D2,5D2,11D,12D,19D2,20D2,21D,23D2. The molecule has 0 aliphatic heterocycles. The number of amides is 1. The maximum absolute atomic E-state index is 15.0. The number of thioether (sulfide) groups is 1. The van der Waals surface area contributed by atoms with Crippen LogP contribution in [0.4, 0.5) is 17.6 Å². The van der Waals surface area contributed by atoms with E-state index in [4.69, 9.17) is 12.3 Å². The summed E-state index contributed by atoms with van der Waals surface area (Å²) in [6.07, 6.45) is -4.20. The Labute approximate surface area is 301 Å². The summed E-state index contributed by atoms with van der Waals surface area (Å²) in [6.45, 7) is -15.8. The molecular formula is C37H40F4N4O2S. The molecule has 11 heteroatoms. The zero-order valence-corrected chi connectivity index (χ0v) is 27.0. The van der Waals surface area contributed by atoms with E-state index in [9.17, 15) is 27.8 Å². The molecule has 0 unspecified atom stereocenters. The first-order valence-electron chi connectivity index (χ1n) is 21.3. The topological polar surface area (TPSA) is 58.4 Å². The van der Waals surface area contributed by atoms with Gasteiger partial charge >= 0.3 is 6.18 Å². The molecule has 0 fully saturated rings. The molecule has 254 valence electrons. The van der Waals surface area contributed by atoms with Crippen LogP contribution in [0.25, 0.3) is 11.1 Å². The molecule has 1 aliphatic carbocycles. The number of aromatic nitrogens is 2. The normalized spacial score (nSPS) is 18.3. The predicted octanol–water partition coefficient (Wildman–Crippen LogP) is 7.53. The monoisotopic (exact) mass is 693 g/mol. The fraction of sp³-hybridized carbons (Fsp3) is 0.378. The number of carbonyl (C=O) groups excluding carboxylic acids is 1. The Bertz CT molecular complexity index is 2340. The molecule has 0 saturated carbocycles. The summed E-state index contributed by atoms with van der Waals surface area (Å²) in [5, 5.41) is -0.367. The number of hydrogen-bond acceptors (Lipinski definition) is 5. The Morgan fingerprint density at radius 1 is 1.02 bits per heavy atom. The van der Waals surface area contributed by atoms with Crippen molar-refractivity contribution in [3.63, 3.8) is 0 Å². The molecule has 0 radical (unpaired) electrons. The average Bonchev–Trinajstić information content (AvgIpc) is 3.62. The highest BCUT2D eigenvalue weighted by Crippen LogP contribution is 2.32. The first-order valence-corrected chi connectivity index (χ1v) is 15.8. The van der Waals surface area contributed by atoms with Crippen molar-refractivity contribution in [3.8, 4) is 11.1 Å². The van der Waals surface area contributed by atoms with Crippen LogP contribution in [0.15, 0.2) is 76.6 Å². The highest BCUT2D eigenvalue weighted by molar-refractivity contribution is 7.98. The first kappa shape index (κ1) is 21.9. The number of nitrogens with zero attached hydrogens (tertiary/aromatic N) is 4. The third-order valence-electron chi connectivity index (χ3n) is 7.50. The number of benzene rings is 3. The van der Waals surface area contributed by atoms with E-state index in [1.54, 1.807) is 0 Å². The molecule has 48 heavy (non-hydrogen) atoms. The summed E-state index contributed by atoms with van der Waals surface area (Å²) in [7, 11) is 0. The maximum Gasteiger partial charge on any atom is 0.416 e. The molecule has 6 nitrogen and oxygen atoms in total. The fourth-order valence-electron chi connectivity index (χ4n) is 4.93. The second-order valence-corrected chi connectivity index (χ2v) is 11.6.